The second-order valence-corrected chi connectivity index (χ2v) is 7.08. The molecule has 7 heteroatoms. The van der Waals surface area contributed by atoms with Gasteiger partial charge in [-0.2, -0.15) is 5.10 Å². The average Bonchev–Trinajstić information content (AvgIpc) is 2.67. The van der Waals surface area contributed by atoms with Crippen LogP contribution in [0, 0.1) is 6.92 Å². The lowest BCUT2D eigenvalue weighted by Gasteiger charge is -2.08. The van der Waals surface area contributed by atoms with Gasteiger partial charge in [0.15, 0.2) is 11.5 Å². The van der Waals surface area contributed by atoms with Crippen molar-refractivity contribution in [3.63, 3.8) is 0 Å². The summed E-state index contributed by atoms with van der Waals surface area (Å²) in [5, 5.41) is 13.9. The Labute approximate surface area is 173 Å². The van der Waals surface area contributed by atoms with Crippen molar-refractivity contribution in [2.75, 3.05) is 13.7 Å². The van der Waals surface area contributed by atoms with Crippen LogP contribution in [-0.4, -0.2) is 30.9 Å². The predicted molar refractivity (Wildman–Crippen MR) is 113 cm³/mol. The van der Waals surface area contributed by atoms with E-state index in [0.29, 0.717) is 28.8 Å². The summed E-state index contributed by atoms with van der Waals surface area (Å²) in [6.07, 6.45) is 3.44. The molecule has 0 radical (unpaired) electrons. The highest BCUT2D eigenvalue weighted by Crippen LogP contribution is 2.35. The van der Waals surface area contributed by atoms with Crippen LogP contribution >= 0.6 is 15.9 Å². The van der Waals surface area contributed by atoms with Gasteiger partial charge in [-0.05, 0) is 83.6 Å². The molecule has 0 aliphatic heterocycles. The first-order valence-electron chi connectivity index (χ1n) is 9.05. The minimum Gasteiger partial charge on any atom is -0.503 e. The van der Waals surface area contributed by atoms with Crippen LogP contribution in [0.1, 0.15) is 36.5 Å². The Kier molecular flexibility index (Phi) is 8.32. The first-order valence-corrected chi connectivity index (χ1v) is 9.84. The lowest BCUT2D eigenvalue weighted by Crippen LogP contribution is -2.17. The smallest absolute Gasteiger partial charge is 0.240 e. The van der Waals surface area contributed by atoms with Crippen molar-refractivity contribution in [3.05, 3.63) is 51.5 Å². The van der Waals surface area contributed by atoms with E-state index in [-0.39, 0.29) is 11.7 Å². The average molecular weight is 449 g/mol. The van der Waals surface area contributed by atoms with Crippen LogP contribution in [0.4, 0.5) is 0 Å². The van der Waals surface area contributed by atoms with E-state index in [1.165, 1.54) is 11.8 Å². The highest BCUT2D eigenvalue weighted by atomic mass is 79.9. The van der Waals surface area contributed by atoms with E-state index in [1.54, 1.807) is 19.2 Å². The van der Waals surface area contributed by atoms with Gasteiger partial charge in [0.2, 0.25) is 5.91 Å². The SMILES string of the molecule is CCOc1cc(C=NNC(=O)CCCc2ccc(OC)cc2C)cc(Br)c1O. The van der Waals surface area contributed by atoms with Gasteiger partial charge in [-0.15, -0.1) is 0 Å². The molecule has 2 N–H and O–H groups in total. The number of amides is 1. The molecule has 150 valence electrons. The van der Waals surface area contributed by atoms with Crippen molar-refractivity contribution in [2.45, 2.75) is 33.1 Å². The first-order chi connectivity index (χ1) is 13.4. The monoisotopic (exact) mass is 448 g/mol. The molecule has 2 aromatic carbocycles. The van der Waals surface area contributed by atoms with Crippen molar-refractivity contribution >= 4 is 28.1 Å². The number of hydrogen-bond acceptors (Lipinski definition) is 5. The maximum absolute atomic E-state index is 12.0. The van der Waals surface area contributed by atoms with Gasteiger partial charge in [0, 0.05) is 6.42 Å². The molecule has 28 heavy (non-hydrogen) atoms. The summed E-state index contributed by atoms with van der Waals surface area (Å²) in [5.41, 5.74) is 5.58. The van der Waals surface area contributed by atoms with Gasteiger partial charge in [0.25, 0.3) is 0 Å². The molecule has 1 amide bonds. The fraction of sp³-hybridized carbons (Fsp3) is 0.333. The molecule has 2 aromatic rings. The Hall–Kier alpha value is -2.54. The lowest BCUT2D eigenvalue weighted by molar-refractivity contribution is -0.121. The fourth-order valence-electron chi connectivity index (χ4n) is 2.68. The summed E-state index contributed by atoms with van der Waals surface area (Å²) >= 11 is 3.27. The van der Waals surface area contributed by atoms with E-state index >= 15 is 0 Å². The number of rotatable bonds is 9. The van der Waals surface area contributed by atoms with E-state index in [2.05, 4.69) is 26.5 Å². The molecular formula is C21H25BrN2O4. The maximum Gasteiger partial charge on any atom is 0.240 e. The lowest BCUT2D eigenvalue weighted by atomic mass is 10.0. The van der Waals surface area contributed by atoms with E-state index in [0.717, 1.165) is 24.2 Å². The van der Waals surface area contributed by atoms with Gasteiger partial charge in [-0.25, -0.2) is 5.43 Å². The van der Waals surface area contributed by atoms with E-state index < -0.39 is 0 Å². The van der Waals surface area contributed by atoms with Crippen molar-refractivity contribution in [2.24, 2.45) is 5.10 Å². The molecule has 0 aliphatic rings. The third-order valence-corrected chi connectivity index (χ3v) is 4.76. The second kappa shape index (κ2) is 10.7. The molecule has 0 bridgehead atoms. The van der Waals surface area contributed by atoms with Gasteiger partial charge in [0.1, 0.15) is 5.75 Å². The standard InChI is InChI=1S/C21H25BrN2O4/c1-4-28-19-12-15(11-18(22)21(19)26)13-23-24-20(25)7-5-6-16-8-9-17(27-3)10-14(16)2/h8-13,26H,4-7H2,1-3H3,(H,24,25). The molecule has 0 heterocycles. The van der Waals surface area contributed by atoms with Gasteiger partial charge >= 0.3 is 0 Å². The number of ether oxygens (including phenoxy) is 2. The van der Waals surface area contributed by atoms with Gasteiger partial charge in [0.05, 0.1) is 24.4 Å². The third kappa shape index (κ3) is 6.27. The van der Waals surface area contributed by atoms with E-state index in [1.807, 2.05) is 32.0 Å². The summed E-state index contributed by atoms with van der Waals surface area (Å²) < 4.78 is 11.1. The number of nitrogens with one attached hydrogen (secondary N) is 1. The van der Waals surface area contributed by atoms with Gasteiger partial charge < -0.3 is 14.6 Å². The van der Waals surface area contributed by atoms with Crippen molar-refractivity contribution in [1.82, 2.24) is 5.43 Å². The second-order valence-electron chi connectivity index (χ2n) is 6.22. The number of halogens is 1. The number of methoxy groups -OCH3 is 1. The van der Waals surface area contributed by atoms with E-state index in [9.17, 15) is 9.90 Å². The number of nitrogens with zero attached hydrogens (tertiary/aromatic N) is 1. The minimum atomic E-state index is -0.148. The summed E-state index contributed by atoms with van der Waals surface area (Å²) in [5.74, 6) is 1.09. The number of hydrazone groups is 1. The van der Waals surface area contributed by atoms with Gasteiger partial charge in [-0.3, -0.25) is 4.79 Å². The summed E-state index contributed by atoms with van der Waals surface area (Å²) in [6, 6.07) is 9.31. The Morgan fingerprint density at radius 3 is 2.79 bits per heavy atom. The van der Waals surface area contributed by atoms with Crippen molar-refractivity contribution in [1.29, 1.82) is 0 Å². The summed E-state index contributed by atoms with van der Waals surface area (Å²) in [7, 11) is 1.65. The summed E-state index contributed by atoms with van der Waals surface area (Å²) in [4.78, 5) is 12.0. The minimum absolute atomic E-state index is 0.0388. The molecule has 0 unspecified atom stereocenters. The third-order valence-electron chi connectivity index (χ3n) is 4.15. The van der Waals surface area contributed by atoms with Crippen LogP contribution in [0.5, 0.6) is 17.2 Å². The van der Waals surface area contributed by atoms with Gasteiger partial charge in [-0.1, -0.05) is 6.07 Å². The predicted octanol–water partition coefficient (Wildman–Crippen LogP) is 4.34. The Morgan fingerprint density at radius 2 is 2.11 bits per heavy atom. The van der Waals surface area contributed by atoms with Crippen LogP contribution in [0.25, 0.3) is 0 Å². The number of carbonyl (C=O) groups excluding carboxylic acids is 1. The molecule has 0 spiro atoms. The molecule has 0 atom stereocenters. The zero-order chi connectivity index (χ0) is 20.5. The molecular weight excluding hydrogens is 424 g/mol. The zero-order valence-electron chi connectivity index (χ0n) is 16.3. The fourth-order valence-corrected chi connectivity index (χ4v) is 3.14. The number of aromatic hydroxyl groups is 1. The zero-order valence-corrected chi connectivity index (χ0v) is 17.9. The highest BCUT2D eigenvalue weighted by molar-refractivity contribution is 9.10. The topological polar surface area (TPSA) is 80.2 Å². The van der Waals surface area contributed by atoms with Crippen molar-refractivity contribution in [3.8, 4) is 17.2 Å². The molecule has 2 rings (SSSR count). The molecule has 0 saturated heterocycles. The number of aryl methyl sites for hydroxylation is 2. The Morgan fingerprint density at radius 1 is 1.32 bits per heavy atom. The number of benzene rings is 2. The quantitative estimate of drug-likeness (QED) is 0.441. The number of phenols is 1. The highest BCUT2D eigenvalue weighted by Gasteiger charge is 2.08. The molecule has 0 saturated carbocycles. The normalized spacial score (nSPS) is 10.9. The number of phenolic OH excluding ortho intramolecular Hbond substituents is 1. The van der Waals surface area contributed by atoms with Crippen LogP contribution in [-0.2, 0) is 11.2 Å². The maximum atomic E-state index is 12.0. The summed E-state index contributed by atoms with van der Waals surface area (Å²) in [6.45, 7) is 4.31. The Balaban J connectivity index is 1.84. The Bertz CT molecular complexity index is 853. The molecule has 0 aliphatic carbocycles. The molecule has 6 nitrogen and oxygen atoms in total. The largest absolute Gasteiger partial charge is 0.503 e. The molecule has 0 fully saturated rings. The number of carbonyl (C=O) groups is 1. The van der Waals surface area contributed by atoms with Crippen LogP contribution in [0.2, 0.25) is 0 Å². The first kappa shape index (κ1) is 21.8. The van der Waals surface area contributed by atoms with Crippen molar-refractivity contribution < 1.29 is 19.4 Å². The van der Waals surface area contributed by atoms with Crippen LogP contribution < -0.4 is 14.9 Å². The van der Waals surface area contributed by atoms with Crippen LogP contribution in [0.15, 0.2) is 39.9 Å². The van der Waals surface area contributed by atoms with Crippen LogP contribution in [0.3, 0.4) is 0 Å². The van der Waals surface area contributed by atoms with E-state index in [4.69, 9.17) is 9.47 Å². The molecule has 0 aromatic heterocycles. The number of hydrogen-bond donors (Lipinski definition) is 2.